The lowest BCUT2D eigenvalue weighted by atomic mass is 10.0. The Labute approximate surface area is 184 Å². The van der Waals surface area contributed by atoms with Gasteiger partial charge in [-0.25, -0.2) is 9.78 Å². The summed E-state index contributed by atoms with van der Waals surface area (Å²) in [6.45, 7) is 9.43. The zero-order chi connectivity index (χ0) is 23.6. The maximum Gasteiger partial charge on any atom is 0.417 e. The first-order chi connectivity index (χ1) is 15.0. The number of esters is 1. The van der Waals surface area contributed by atoms with Crippen molar-refractivity contribution in [2.45, 2.75) is 39.9 Å². The molecule has 3 rings (SSSR count). The van der Waals surface area contributed by atoms with E-state index in [0.29, 0.717) is 54.5 Å². The second-order valence-corrected chi connectivity index (χ2v) is 7.81. The minimum atomic E-state index is -4.42. The number of carbonyl (C=O) groups excluding carboxylic acids is 2. The molecule has 1 fully saturated rings. The van der Waals surface area contributed by atoms with E-state index in [1.807, 2.05) is 16.7 Å². The molecule has 1 aliphatic heterocycles. The van der Waals surface area contributed by atoms with Crippen LogP contribution in [0.25, 0.3) is 0 Å². The molecule has 1 N–H and O–H groups in total. The van der Waals surface area contributed by atoms with Gasteiger partial charge in [-0.15, -0.1) is 0 Å². The number of hydrogen-bond acceptors (Lipinski definition) is 6. The van der Waals surface area contributed by atoms with Gasteiger partial charge in [0, 0.05) is 38.1 Å². The number of halogens is 3. The van der Waals surface area contributed by atoms with Crippen molar-refractivity contribution in [1.29, 1.82) is 0 Å². The fourth-order valence-corrected chi connectivity index (χ4v) is 3.96. The zero-order valence-electron chi connectivity index (χ0n) is 18.5. The van der Waals surface area contributed by atoms with Crippen LogP contribution in [-0.4, -0.2) is 65.4 Å². The van der Waals surface area contributed by atoms with Crippen LogP contribution in [0.4, 0.5) is 19.0 Å². The van der Waals surface area contributed by atoms with Gasteiger partial charge in [-0.05, 0) is 45.4 Å². The Morgan fingerprint density at radius 3 is 2.38 bits per heavy atom. The van der Waals surface area contributed by atoms with Crippen LogP contribution in [0.5, 0.6) is 0 Å². The average molecular weight is 452 g/mol. The number of H-pyrrole nitrogens is 1. The van der Waals surface area contributed by atoms with Gasteiger partial charge in [-0.2, -0.15) is 13.2 Å². The SMILES string of the molecule is CCOC(=O)c1c(C)[nH]c(C(=O)[C@@H](C)N2CCN(c3ccc(C(F)(F)F)cn3)CC2)c1C. The Morgan fingerprint density at radius 2 is 1.84 bits per heavy atom. The van der Waals surface area contributed by atoms with Gasteiger partial charge in [-0.1, -0.05) is 0 Å². The van der Waals surface area contributed by atoms with E-state index in [4.69, 9.17) is 4.74 Å². The van der Waals surface area contributed by atoms with Crippen molar-refractivity contribution >= 4 is 17.6 Å². The molecule has 2 aromatic rings. The maximum absolute atomic E-state index is 13.1. The molecule has 0 radical (unpaired) electrons. The molecule has 32 heavy (non-hydrogen) atoms. The third-order valence-corrected chi connectivity index (χ3v) is 5.80. The molecule has 0 spiro atoms. The number of ether oxygens (including phenoxy) is 1. The van der Waals surface area contributed by atoms with Crippen LogP contribution in [-0.2, 0) is 10.9 Å². The number of alkyl halides is 3. The predicted octanol–water partition coefficient (Wildman–Crippen LogP) is 3.62. The highest BCUT2D eigenvalue weighted by atomic mass is 19.4. The zero-order valence-corrected chi connectivity index (χ0v) is 18.5. The van der Waals surface area contributed by atoms with Crippen LogP contribution in [0.15, 0.2) is 18.3 Å². The van der Waals surface area contributed by atoms with Crippen molar-refractivity contribution < 1.29 is 27.5 Å². The van der Waals surface area contributed by atoms with Crippen LogP contribution in [0, 0.1) is 13.8 Å². The van der Waals surface area contributed by atoms with Gasteiger partial charge in [-0.3, -0.25) is 9.69 Å². The van der Waals surface area contributed by atoms with E-state index in [0.717, 1.165) is 12.3 Å². The fraction of sp³-hybridized carbons (Fsp3) is 0.500. The Hall–Kier alpha value is -2.88. The number of nitrogens with one attached hydrogen (secondary N) is 1. The lowest BCUT2D eigenvalue weighted by Gasteiger charge is -2.38. The largest absolute Gasteiger partial charge is 0.462 e. The maximum atomic E-state index is 13.1. The Morgan fingerprint density at radius 1 is 1.19 bits per heavy atom. The number of aromatic amines is 1. The third-order valence-electron chi connectivity index (χ3n) is 5.80. The highest BCUT2D eigenvalue weighted by Gasteiger charge is 2.32. The van der Waals surface area contributed by atoms with E-state index in [1.165, 1.54) is 6.07 Å². The molecule has 0 unspecified atom stereocenters. The lowest BCUT2D eigenvalue weighted by molar-refractivity contribution is -0.137. The van der Waals surface area contributed by atoms with Crippen molar-refractivity contribution in [2.75, 3.05) is 37.7 Å². The standard InChI is InChI=1S/C22H27F3N4O3/c1-5-32-21(31)18-13(2)19(27-14(18)3)20(30)15(4)28-8-10-29(11-9-28)17-7-6-16(12-26-17)22(23,24)25/h6-7,12,15,27H,5,8-11H2,1-4H3/t15-/m1/s1. The number of piperazine rings is 1. The second kappa shape index (κ2) is 9.32. The van der Waals surface area contributed by atoms with Gasteiger partial charge in [0.1, 0.15) is 5.82 Å². The number of nitrogens with zero attached hydrogens (tertiary/aromatic N) is 3. The topological polar surface area (TPSA) is 78.5 Å². The highest BCUT2D eigenvalue weighted by Crippen LogP contribution is 2.29. The molecule has 7 nitrogen and oxygen atoms in total. The second-order valence-electron chi connectivity index (χ2n) is 7.81. The molecule has 1 aliphatic rings. The number of pyridine rings is 1. The summed E-state index contributed by atoms with van der Waals surface area (Å²) in [6.07, 6.45) is -3.58. The minimum Gasteiger partial charge on any atom is -0.462 e. The number of carbonyl (C=O) groups is 2. The third kappa shape index (κ3) is 4.79. The average Bonchev–Trinajstić information content (AvgIpc) is 3.06. The van der Waals surface area contributed by atoms with Crippen molar-refractivity contribution in [3.63, 3.8) is 0 Å². The van der Waals surface area contributed by atoms with Crippen LogP contribution in [0.2, 0.25) is 0 Å². The number of anilines is 1. The number of aryl methyl sites for hydroxylation is 1. The first kappa shape index (κ1) is 23.8. The summed E-state index contributed by atoms with van der Waals surface area (Å²) < 4.78 is 43.3. The summed E-state index contributed by atoms with van der Waals surface area (Å²) >= 11 is 0. The van der Waals surface area contributed by atoms with Crippen LogP contribution in [0.3, 0.4) is 0 Å². The molecule has 0 amide bonds. The first-order valence-corrected chi connectivity index (χ1v) is 10.5. The molecule has 0 bridgehead atoms. The highest BCUT2D eigenvalue weighted by molar-refractivity contribution is 6.03. The van der Waals surface area contributed by atoms with Gasteiger partial charge < -0.3 is 14.6 Å². The first-order valence-electron chi connectivity index (χ1n) is 10.5. The van der Waals surface area contributed by atoms with Crippen LogP contribution >= 0.6 is 0 Å². The van der Waals surface area contributed by atoms with E-state index < -0.39 is 23.8 Å². The molecule has 1 saturated heterocycles. The van der Waals surface area contributed by atoms with E-state index in [1.54, 1.807) is 20.8 Å². The summed E-state index contributed by atoms with van der Waals surface area (Å²) in [6, 6.07) is 1.97. The molecule has 0 saturated carbocycles. The molecule has 10 heteroatoms. The van der Waals surface area contributed by atoms with E-state index in [2.05, 4.69) is 9.97 Å². The number of hydrogen-bond donors (Lipinski definition) is 1. The number of rotatable bonds is 6. The summed E-state index contributed by atoms with van der Waals surface area (Å²) in [5.74, 6) is -0.100. The van der Waals surface area contributed by atoms with E-state index >= 15 is 0 Å². The predicted molar refractivity (Wildman–Crippen MR) is 113 cm³/mol. The Balaban J connectivity index is 1.65. The monoisotopic (exact) mass is 452 g/mol. The number of Topliss-reactive ketones (excluding diaryl/α,β-unsaturated/α-hetero) is 1. The Kier molecular flexibility index (Phi) is 6.92. The van der Waals surface area contributed by atoms with E-state index in [-0.39, 0.29) is 12.4 Å². The summed E-state index contributed by atoms with van der Waals surface area (Å²) in [5.41, 5.74) is 1.17. The molecule has 3 heterocycles. The Bertz CT molecular complexity index is 978. The molecular formula is C22H27F3N4O3. The molecule has 2 aromatic heterocycles. The number of aromatic nitrogens is 2. The smallest absolute Gasteiger partial charge is 0.417 e. The van der Waals surface area contributed by atoms with Gasteiger partial charge in [0.2, 0.25) is 0 Å². The van der Waals surface area contributed by atoms with Crippen LogP contribution in [0.1, 0.15) is 51.5 Å². The van der Waals surface area contributed by atoms with Gasteiger partial charge in [0.25, 0.3) is 0 Å². The van der Waals surface area contributed by atoms with Gasteiger partial charge >= 0.3 is 12.1 Å². The normalized spacial score (nSPS) is 16.2. The van der Waals surface area contributed by atoms with Crippen LogP contribution < -0.4 is 4.90 Å². The van der Waals surface area contributed by atoms with Crippen molar-refractivity contribution in [1.82, 2.24) is 14.9 Å². The van der Waals surface area contributed by atoms with E-state index in [9.17, 15) is 22.8 Å². The van der Waals surface area contributed by atoms with Crippen molar-refractivity contribution in [3.05, 3.63) is 46.4 Å². The molecule has 1 atom stereocenters. The minimum absolute atomic E-state index is 0.123. The molecule has 0 aromatic carbocycles. The lowest BCUT2D eigenvalue weighted by Crippen LogP contribution is -2.52. The molecular weight excluding hydrogens is 425 g/mol. The van der Waals surface area contributed by atoms with Gasteiger partial charge in [0.05, 0.1) is 29.5 Å². The fourth-order valence-electron chi connectivity index (χ4n) is 3.96. The number of ketones is 1. The van der Waals surface area contributed by atoms with Crippen molar-refractivity contribution in [2.24, 2.45) is 0 Å². The summed E-state index contributed by atoms with van der Waals surface area (Å²) in [5, 5.41) is 0. The molecule has 174 valence electrons. The molecule has 0 aliphatic carbocycles. The summed E-state index contributed by atoms with van der Waals surface area (Å²) in [4.78, 5) is 36.2. The van der Waals surface area contributed by atoms with Crippen molar-refractivity contribution in [3.8, 4) is 0 Å². The van der Waals surface area contributed by atoms with Gasteiger partial charge in [0.15, 0.2) is 5.78 Å². The summed E-state index contributed by atoms with van der Waals surface area (Å²) in [7, 11) is 0. The quantitative estimate of drug-likeness (QED) is 0.533.